The summed E-state index contributed by atoms with van der Waals surface area (Å²) in [5.74, 6) is -0.0206. The van der Waals surface area contributed by atoms with Crippen molar-refractivity contribution >= 4 is 5.91 Å². The molecule has 15 heavy (non-hydrogen) atoms. The first-order valence-electron chi connectivity index (χ1n) is 5.54. The molecule has 0 aliphatic carbocycles. The minimum absolute atomic E-state index is 0.247. The molecular weight excluding hydrogens is 190 g/mol. The molecule has 0 fully saturated rings. The second-order valence-corrected chi connectivity index (χ2v) is 4.61. The zero-order valence-electron chi connectivity index (χ0n) is 10.6. The van der Waals surface area contributed by atoms with E-state index < -0.39 is 5.54 Å². The van der Waals surface area contributed by atoms with E-state index in [4.69, 9.17) is 5.73 Å². The molecule has 4 nitrogen and oxygen atoms in total. The van der Waals surface area contributed by atoms with Crippen LogP contribution in [0.15, 0.2) is 0 Å². The fraction of sp³-hybridized carbons (Fsp3) is 0.909. The molecule has 0 aliphatic heterocycles. The van der Waals surface area contributed by atoms with Crippen molar-refractivity contribution in [3.05, 3.63) is 0 Å². The molecule has 0 heterocycles. The normalized spacial score (nSPS) is 17.5. The predicted octanol–water partition coefficient (Wildman–Crippen LogP) is 0.428. The van der Waals surface area contributed by atoms with Crippen molar-refractivity contribution in [3.63, 3.8) is 0 Å². The largest absolute Gasteiger partial charge is 0.368 e. The van der Waals surface area contributed by atoms with Crippen LogP contribution in [0.2, 0.25) is 0 Å². The van der Waals surface area contributed by atoms with Gasteiger partial charge in [-0.1, -0.05) is 20.3 Å². The molecule has 0 radical (unpaired) electrons. The molecule has 2 atom stereocenters. The van der Waals surface area contributed by atoms with Gasteiger partial charge in [0.15, 0.2) is 0 Å². The van der Waals surface area contributed by atoms with Gasteiger partial charge in [-0.25, -0.2) is 0 Å². The molecular formula is C11H25N3O. The number of carbonyl (C=O) groups is 1. The zero-order valence-corrected chi connectivity index (χ0v) is 10.6. The number of nitrogens with two attached hydrogens (primary N) is 1. The molecule has 4 heteroatoms. The van der Waals surface area contributed by atoms with Crippen molar-refractivity contribution in [2.75, 3.05) is 27.2 Å². The van der Waals surface area contributed by atoms with Gasteiger partial charge in [-0.05, 0) is 26.9 Å². The van der Waals surface area contributed by atoms with E-state index >= 15 is 0 Å². The first-order valence-corrected chi connectivity index (χ1v) is 5.54. The number of carbonyl (C=O) groups excluding carboxylic acids is 1. The van der Waals surface area contributed by atoms with Crippen molar-refractivity contribution < 1.29 is 4.79 Å². The highest BCUT2D eigenvalue weighted by molar-refractivity contribution is 5.84. The van der Waals surface area contributed by atoms with E-state index in [2.05, 4.69) is 17.1 Å². The van der Waals surface area contributed by atoms with Crippen LogP contribution < -0.4 is 11.1 Å². The quantitative estimate of drug-likeness (QED) is 0.647. The Labute approximate surface area is 93.2 Å². The number of likely N-dealkylation sites (N-methyl/N-ethyl adjacent to an activating group) is 1. The van der Waals surface area contributed by atoms with Crippen LogP contribution in [0.3, 0.4) is 0 Å². The van der Waals surface area contributed by atoms with E-state index in [-0.39, 0.29) is 11.8 Å². The van der Waals surface area contributed by atoms with E-state index in [1.165, 1.54) is 0 Å². The van der Waals surface area contributed by atoms with Crippen molar-refractivity contribution in [2.45, 2.75) is 32.7 Å². The van der Waals surface area contributed by atoms with Gasteiger partial charge in [0.2, 0.25) is 5.91 Å². The van der Waals surface area contributed by atoms with Crippen LogP contribution in [0.1, 0.15) is 27.2 Å². The maximum absolute atomic E-state index is 11.4. The molecule has 0 spiro atoms. The number of nitrogens with one attached hydrogen (secondary N) is 1. The van der Waals surface area contributed by atoms with E-state index in [1.807, 2.05) is 27.9 Å². The fourth-order valence-electron chi connectivity index (χ4n) is 1.45. The molecule has 3 N–H and O–H groups in total. The Bertz CT molecular complexity index is 206. The molecule has 0 rings (SSSR count). The lowest BCUT2D eigenvalue weighted by atomic mass is 9.84. The summed E-state index contributed by atoms with van der Waals surface area (Å²) in [5, 5.41) is 3.26. The molecule has 0 saturated carbocycles. The molecule has 0 aromatic heterocycles. The van der Waals surface area contributed by atoms with Crippen LogP contribution >= 0.6 is 0 Å². The zero-order chi connectivity index (χ0) is 12.1. The second-order valence-electron chi connectivity index (χ2n) is 4.61. The van der Waals surface area contributed by atoms with E-state index in [1.54, 1.807) is 0 Å². The van der Waals surface area contributed by atoms with Crippen LogP contribution in [0.5, 0.6) is 0 Å². The third-order valence-electron chi connectivity index (χ3n) is 3.16. The lowest BCUT2D eigenvalue weighted by molar-refractivity contribution is -0.125. The van der Waals surface area contributed by atoms with Gasteiger partial charge in [-0.3, -0.25) is 4.79 Å². The lowest BCUT2D eigenvalue weighted by Gasteiger charge is -2.33. The maximum atomic E-state index is 11.4. The summed E-state index contributed by atoms with van der Waals surface area (Å²) in [6, 6.07) is 0. The van der Waals surface area contributed by atoms with Crippen LogP contribution in [0.4, 0.5) is 0 Å². The van der Waals surface area contributed by atoms with Crippen molar-refractivity contribution in [2.24, 2.45) is 11.7 Å². The summed E-state index contributed by atoms with van der Waals surface area (Å²) in [5.41, 5.74) is 4.86. The van der Waals surface area contributed by atoms with Gasteiger partial charge in [-0.2, -0.15) is 0 Å². The van der Waals surface area contributed by atoms with Crippen molar-refractivity contribution in [1.29, 1.82) is 0 Å². The Balaban J connectivity index is 4.33. The molecule has 0 saturated heterocycles. The van der Waals surface area contributed by atoms with Crippen molar-refractivity contribution in [3.8, 4) is 0 Å². The second kappa shape index (κ2) is 6.08. The monoisotopic (exact) mass is 215 g/mol. The highest BCUT2D eigenvalue weighted by atomic mass is 16.1. The van der Waals surface area contributed by atoms with E-state index in [0.29, 0.717) is 0 Å². The summed E-state index contributed by atoms with van der Waals surface area (Å²) in [4.78, 5) is 13.5. The molecule has 0 aromatic carbocycles. The predicted molar refractivity (Wildman–Crippen MR) is 63.6 cm³/mol. The van der Waals surface area contributed by atoms with Crippen LogP contribution in [-0.2, 0) is 4.79 Å². The number of primary amides is 1. The third kappa shape index (κ3) is 4.18. The van der Waals surface area contributed by atoms with Crippen molar-refractivity contribution in [1.82, 2.24) is 10.2 Å². The van der Waals surface area contributed by atoms with Crippen LogP contribution in [0.25, 0.3) is 0 Å². The lowest BCUT2D eigenvalue weighted by Crippen LogP contribution is -2.58. The highest BCUT2D eigenvalue weighted by Gasteiger charge is 2.35. The molecule has 0 bridgehead atoms. The first kappa shape index (κ1) is 14.4. The number of hydrogen-bond donors (Lipinski definition) is 2. The standard InChI is InChI=1S/C11H25N3O/c1-6-9(2)11(3,10(12)15)13-7-8-14(4)5/h9,13H,6-8H2,1-5H3,(H2,12,15). The smallest absolute Gasteiger partial charge is 0.237 e. The number of hydrogen-bond acceptors (Lipinski definition) is 3. The van der Waals surface area contributed by atoms with Crippen LogP contribution in [0, 0.1) is 5.92 Å². The highest BCUT2D eigenvalue weighted by Crippen LogP contribution is 2.19. The van der Waals surface area contributed by atoms with Gasteiger partial charge >= 0.3 is 0 Å². The van der Waals surface area contributed by atoms with Gasteiger partial charge in [0, 0.05) is 13.1 Å². The average Bonchev–Trinajstić information content (AvgIpc) is 2.15. The van der Waals surface area contributed by atoms with E-state index in [0.717, 1.165) is 19.5 Å². The SMILES string of the molecule is CCC(C)C(C)(NCCN(C)C)C(N)=O. The fourth-order valence-corrected chi connectivity index (χ4v) is 1.45. The molecule has 1 amide bonds. The molecule has 90 valence electrons. The van der Waals surface area contributed by atoms with E-state index in [9.17, 15) is 4.79 Å². The van der Waals surface area contributed by atoms with Gasteiger partial charge in [0.1, 0.15) is 0 Å². The Morgan fingerprint density at radius 3 is 2.40 bits per heavy atom. The maximum Gasteiger partial charge on any atom is 0.237 e. The van der Waals surface area contributed by atoms with Gasteiger partial charge in [0.25, 0.3) is 0 Å². The topological polar surface area (TPSA) is 58.4 Å². The third-order valence-corrected chi connectivity index (χ3v) is 3.16. The Hall–Kier alpha value is -0.610. The molecule has 0 aliphatic rings. The average molecular weight is 215 g/mol. The minimum atomic E-state index is -0.592. The number of amides is 1. The molecule has 2 unspecified atom stereocenters. The first-order chi connectivity index (χ1) is 6.84. The number of nitrogens with zero attached hydrogens (tertiary/aromatic N) is 1. The summed E-state index contributed by atoms with van der Waals surface area (Å²) < 4.78 is 0. The van der Waals surface area contributed by atoms with Crippen LogP contribution in [-0.4, -0.2) is 43.5 Å². The summed E-state index contributed by atoms with van der Waals surface area (Å²) in [7, 11) is 4.01. The summed E-state index contributed by atoms with van der Waals surface area (Å²) >= 11 is 0. The van der Waals surface area contributed by atoms with Gasteiger partial charge < -0.3 is 16.0 Å². The summed E-state index contributed by atoms with van der Waals surface area (Å²) in [6.07, 6.45) is 0.939. The Morgan fingerprint density at radius 1 is 1.53 bits per heavy atom. The minimum Gasteiger partial charge on any atom is -0.368 e. The molecule has 0 aromatic rings. The van der Waals surface area contributed by atoms with Gasteiger partial charge in [-0.15, -0.1) is 0 Å². The number of rotatable bonds is 7. The summed E-state index contributed by atoms with van der Waals surface area (Å²) in [6.45, 7) is 7.68. The Morgan fingerprint density at radius 2 is 2.07 bits per heavy atom. The van der Waals surface area contributed by atoms with Gasteiger partial charge in [0.05, 0.1) is 5.54 Å². The Kier molecular flexibility index (Phi) is 5.83.